The minimum absolute atomic E-state index is 0.266. The van der Waals surface area contributed by atoms with Crippen LogP contribution in [0.5, 0.6) is 0 Å². The number of nitrogens with zero attached hydrogens (tertiary/aromatic N) is 1. The highest BCUT2D eigenvalue weighted by Crippen LogP contribution is 2.25. The fourth-order valence-corrected chi connectivity index (χ4v) is 1.65. The van der Waals surface area contributed by atoms with Crippen molar-refractivity contribution in [1.82, 2.24) is 4.90 Å². The van der Waals surface area contributed by atoms with Crippen LogP contribution < -0.4 is 0 Å². The molecule has 90 valence electrons. The van der Waals surface area contributed by atoms with Gasteiger partial charge in [0, 0.05) is 25.7 Å². The van der Waals surface area contributed by atoms with E-state index in [1.807, 2.05) is 0 Å². The number of rotatable bonds is 9. The third-order valence-electron chi connectivity index (χ3n) is 2.81. The van der Waals surface area contributed by atoms with Crippen LogP contribution in [0.2, 0.25) is 0 Å². The highest BCUT2D eigenvalue weighted by molar-refractivity contribution is 4.84. The Hall–Kier alpha value is -0.120. The molecule has 3 nitrogen and oxygen atoms in total. The molecule has 0 radical (unpaired) electrons. The number of ether oxygens (including phenoxy) is 1. The van der Waals surface area contributed by atoms with Crippen molar-refractivity contribution >= 4 is 0 Å². The second-order valence-electron chi connectivity index (χ2n) is 4.79. The SMILES string of the molecule is CC(C)CCOCCN(CCO)C1CC1. The van der Waals surface area contributed by atoms with Crippen LogP contribution in [0.25, 0.3) is 0 Å². The summed E-state index contributed by atoms with van der Waals surface area (Å²) in [6, 6.07) is 0.728. The van der Waals surface area contributed by atoms with Gasteiger partial charge in [-0.1, -0.05) is 13.8 Å². The number of hydrogen-bond acceptors (Lipinski definition) is 3. The van der Waals surface area contributed by atoms with E-state index in [0.717, 1.165) is 44.7 Å². The first-order chi connectivity index (χ1) is 7.24. The summed E-state index contributed by atoms with van der Waals surface area (Å²) >= 11 is 0. The summed E-state index contributed by atoms with van der Waals surface area (Å²) in [5.41, 5.74) is 0. The van der Waals surface area contributed by atoms with Crippen LogP contribution in [0.1, 0.15) is 33.1 Å². The summed E-state index contributed by atoms with van der Waals surface area (Å²) in [4.78, 5) is 2.34. The normalized spacial score (nSPS) is 16.6. The Morgan fingerprint density at radius 1 is 1.27 bits per heavy atom. The van der Waals surface area contributed by atoms with Gasteiger partial charge in [0.1, 0.15) is 0 Å². The van der Waals surface area contributed by atoms with E-state index in [0.29, 0.717) is 0 Å². The average Bonchev–Trinajstić information content (AvgIpc) is 2.98. The van der Waals surface area contributed by atoms with E-state index in [9.17, 15) is 0 Å². The van der Waals surface area contributed by atoms with Gasteiger partial charge in [-0.05, 0) is 25.2 Å². The maximum atomic E-state index is 8.91. The zero-order valence-corrected chi connectivity index (χ0v) is 10.1. The lowest BCUT2D eigenvalue weighted by Gasteiger charge is -2.20. The van der Waals surface area contributed by atoms with Gasteiger partial charge in [-0.25, -0.2) is 0 Å². The molecule has 1 aliphatic carbocycles. The lowest BCUT2D eigenvalue weighted by molar-refractivity contribution is 0.0864. The summed E-state index contributed by atoms with van der Waals surface area (Å²) in [6.07, 6.45) is 3.74. The fourth-order valence-electron chi connectivity index (χ4n) is 1.65. The quantitative estimate of drug-likeness (QED) is 0.592. The topological polar surface area (TPSA) is 32.7 Å². The lowest BCUT2D eigenvalue weighted by Crippen LogP contribution is -2.32. The molecule has 0 heterocycles. The van der Waals surface area contributed by atoms with E-state index < -0.39 is 0 Å². The van der Waals surface area contributed by atoms with Gasteiger partial charge in [-0.2, -0.15) is 0 Å². The molecule has 1 rings (SSSR count). The Balaban J connectivity index is 1.96. The van der Waals surface area contributed by atoms with Gasteiger partial charge < -0.3 is 9.84 Å². The van der Waals surface area contributed by atoms with Crippen molar-refractivity contribution in [1.29, 1.82) is 0 Å². The molecule has 0 unspecified atom stereocenters. The van der Waals surface area contributed by atoms with E-state index in [-0.39, 0.29) is 6.61 Å². The number of aliphatic hydroxyl groups excluding tert-OH is 1. The van der Waals surface area contributed by atoms with Crippen molar-refractivity contribution in [3.63, 3.8) is 0 Å². The molecule has 0 aromatic rings. The predicted molar refractivity (Wildman–Crippen MR) is 62.0 cm³/mol. The molecule has 0 aliphatic heterocycles. The van der Waals surface area contributed by atoms with Crippen LogP contribution in [0.4, 0.5) is 0 Å². The maximum absolute atomic E-state index is 8.91. The fraction of sp³-hybridized carbons (Fsp3) is 1.00. The van der Waals surface area contributed by atoms with Crippen LogP contribution in [0.3, 0.4) is 0 Å². The number of hydrogen-bond donors (Lipinski definition) is 1. The van der Waals surface area contributed by atoms with E-state index in [1.54, 1.807) is 0 Å². The molecule has 15 heavy (non-hydrogen) atoms. The Morgan fingerprint density at radius 3 is 2.53 bits per heavy atom. The Bertz CT molecular complexity index is 158. The third kappa shape index (κ3) is 6.13. The maximum Gasteiger partial charge on any atom is 0.0593 e. The van der Waals surface area contributed by atoms with E-state index in [4.69, 9.17) is 9.84 Å². The molecule has 1 N–H and O–H groups in total. The highest BCUT2D eigenvalue weighted by Gasteiger charge is 2.27. The van der Waals surface area contributed by atoms with Crippen LogP contribution in [0.15, 0.2) is 0 Å². The first-order valence-corrected chi connectivity index (χ1v) is 6.16. The molecule has 1 fully saturated rings. The van der Waals surface area contributed by atoms with Crippen LogP contribution in [-0.4, -0.2) is 49.0 Å². The van der Waals surface area contributed by atoms with Crippen molar-refractivity contribution in [3.8, 4) is 0 Å². The van der Waals surface area contributed by atoms with Crippen molar-refractivity contribution in [2.24, 2.45) is 5.92 Å². The van der Waals surface area contributed by atoms with Crippen LogP contribution in [-0.2, 0) is 4.74 Å². The Kier molecular flexibility index (Phi) is 6.22. The van der Waals surface area contributed by atoms with Crippen molar-refractivity contribution < 1.29 is 9.84 Å². The Morgan fingerprint density at radius 2 is 2.00 bits per heavy atom. The molecule has 0 aromatic carbocycles. The van der Waals surface area contributed by atoms with Gasteiger partial charge in [-0.3, -0.25) is 4.90 Å². The monoisotopic (exact) mass is 215 g/mol. The first kappa shape index (κ1) is 12.9. The van der Waals surface area contributed by atoms with Crippen molar-refractivity contribution in [3.05, 3.63) is 0 Å². The molecule has 0 aromatic heterocycles. The summed E-state index contributed by atoms with van der Waals surface area (Å²) < 4.78 is 5.58. The molecule has 0 bridgehead atoms. The minimum Gasteiger partial charge on any atom is -0.395 e. The second-order valence-corrected chi connectivity index (χ2v) is 4.79. The van der Waals surface area contributed by atoms with Crippen LogP contribution in [0, 0.1) is 5.92 Å². The van der Waals surface area contributed by atoms with E-state index >= 15 is 0 Å². The Labute approximate surface area is 93.4 Å². The zero-order chi connectivity index (χ0) is 11.1. The van der Waals surface area contributed by atoms with Crippen molar-refractivity contribution in [2.75, 3.05) is 32.9 Å². The average molecular weight is 215 g/mol. The molecule has 0 saturated heterocycles. The molecule has 1 saturated carbocycles. The number of aliphatic hydroxyl groups is 1. The van der Waals surface area contributed by atoms with Gasteiger partial charge in [0.15, 0.2) is 0 Å². The first-order valence-electron chi connectivity index (χ1n) is 6.16. The van der Waals surface area contributed by atoms with E-state index in [2.05, 4.69) is 18.7 Å². The molecular formula is C12H25NO2. The van der Waals surface area contributed by atoms with E-state index in [1.165, 1.54) is 12.8 Å². The van der Waals surface area contributed by atoms with Gasteiger partial charge >= 0.3 is 0 Å². The van der Waals surface area contributed by atoms with Crippen molar-refractivity contribution in [2.45, 2.75) is 39.2 Å². The molecule has 0 spiro atoms. The van der Waals surface area contributed by atoms with Gasteiger partial charge in [0.2, 0.25) is 0 Å². The van der Waals surface area contributed by atoms with Gasteiger partial charge in [0.05, 0.1) is 13.2 Å². The molecule has 1 aliphatic rings. The van der Waals surface area contributed by atoms with Gasteiger partial charge in [-0.15, -0.1) is 0 Å². The standard InChI is InChI=1S/C12H25NO2/c1-11(2)5-9-15-10-7-13(6-8-14)12-3-4-12/h11-12,14H,3-10H2,1-2H3. The summed E-state index contributed by atoms with van der Waals surface area (Å²) in [6.45, 7) is 8.15. The molecule has 0 amide bonds. The zero-order valence-electron chi connectivity index (χ0n) is 10.1. The third-order valence-corrected chi connectivity index (χ3v) is 2.81. The van der Waals surface area contributed by atoms with Gasteiger partial charge in [0.25, 0.3) is 0 Å². The predicted octanol–water partition coefficient (Wildman–Crippen LogP) is 1.51. The minimum atomic E-state index is 0.266. The lowest BCUT2D eigenvalue weighted by atomic mass is 10.1. The second kappa shape index (κ2) is 7.20. The molecule has 3 heteroatoms. The molecular weight excluding hydrogens is 190 g/mol. The molecule has 0 atom stereocenters. The van der Waals surface area contributed by atoms with Crippen LogP contribution >= 0.6 is 0 Å². The largest absolute Gasteiger partial charge is 0.395 e. The summed E-state index contributed by atoms with van der Waals surface area (Å²) in [5, 5.41) is 8.91. The summed E-state index contributed by atoms with van der Waals surface area (Å²) in [7, 11) is 0. The summed E-state index contributed by atoms with van der Waals surface area (Å²) in [5.74, 6) is 0.724. The smallest absolute Gasteiger partial charge is 0.0593 e. The highest BCUT2D eigenvalue weighted by atomic mass is 16.5.